The molecule has 0 aliphatic heterocycles. The molecule has 0 bridgehead atoms. The van der Waals surface area contributed by atoms with Crippen LogP contribution in [0.15, 0.2) is 18.2 Å². The molecule has 0 aliphatic carbocycles. The van der Waals surface area contributed by atoms with Gasteiger partial charge in [-0.3, -0.25) is 0 Å². The van der Waals surface area contributed by atoms with Gasteiger partial charge in [-0.2, -0.15) is 0 Å². The largest absolute Gasteiger partial charge is 0.490 e. The molecular formula is C12H17FO3. The lowest BCUT2D eigenvalue weighted by Crippen LogP contribution is -2.03. The summed E-state index contributed by atoms with van der Waals surface area (Å²) in [7, 11) is 1.61. The molecule has 16 heavy (non-hydrogen) atoms. The minimum Gasteiger partial charge on any atom is -0.490 e. The summed E-state index contributed by atoms with van der Waals surface area (Å²) in [5.41, 5.74) is 0.642. The predicted molar refractivity (Wildman–Crippen MR) is 59.0 cm³/mol. The first-order valence-electron chi connectivity index (χ1n) is 5.24. The highest BCUT2D eigenvalue weighted by molar-refractivity contribution is 5.31. The number of aliphatic hydroxyl groups excluding tert-OH is 1. The fourth-order valence-corrected chi connectivity index (χ4v) is 1.28. The van der Waals surface area contributed by atoms with E-state index in [1.807, 2.05) is 0 Å². The van der Waals surface area contributed by atoms with E-state index >= 15 is 0 Å². The van der Waals surface area contributed by atoms with E-state index in [1.54, 1.807) is 20.1 Å². The van der Waals surface area contributed by atoms with Crippen LogP contribution in [0.1, 0.15) is 25.0 Å². The van der Waals surface area contributed by atoms with Gasteiger partial charge < -0.3 is 14.6 Å². The summed E-state index contributed by atoms with van der Waals surface area (Å²) in [5.74, 6) is -0.240. The smallest absolute Gasteiger partial charge is 0.165 e. The number of hydrogen-bond acceptors (Lipinski definition) is 3. The summed E-state index contributed by atoms with van der Waals surface area (Å²) in [6.07, 6.45) is 0.0800. The second-order valence-electron chi connectivity index (χ2n) is 3.56. The van der Waals surface area contributed by atoms with E-state index in [4.69, 9.17) is 9.47 Å². The average Bonchev–Trinajstić information content (AvgIpc) is 2.26. The number of methoxy groups -OCH3 is 1. The molecule has 3 nitrogen and oxygen atoms in total. The Bertz CT molecular complexity index is 326. The van der Waals surface area contributed by atoms with Crippen LogP contribution in [-0.2, 0) is 4.74 Å². The maximum atomic E-state index is 13.3. The molecule has 0 saturated carbocycles. The van der Waals surface area contributed by atoms with Gasteiger partial charge in [0.2, 0.25) is 0 Å². The first-order valence-corrected chi connectivity index (χ1v) is 5.24. The van der Waals surface area contributed by atoms with Crippen LogP contribution in [0.2, 0.25) is 0 Å². The number of ether oxygens (including phenoxy) is 2. The molecule has 0 aliphatic rings. The van der Waals surface area contributed by atoms with Crippen LogP contribution in [0, 0.1) is 5.82 Å². The summed E-state index contributed by atoms with van der Waals surface area (Å²) in [5, 5.41) is 9.35. The van der Waals surface area contributed by atoms with Crippen molar-refractivity contribution < 1.29 is 19.0 Å². The molecule has 1 aromatic rings. The maximum absolute atomic E-state index is 13.3. The van der Waals surface area contributed by atoms with Gasteiger partial charge in [-0.25, -0.2) is 4.39 Å². The minimum absolute atomic E-state index is 0.175. The van der Waals surface area contributed by atoms with Crippen molar-refractivity contribution in [1.29, 1.82) is 0 Å². The van der Waals surface area contributed by atoms with Gasteiger partial charge in [0.15, 0.2) is 11.6 Å². The van der Waals surface area contributed by atoms with E-state index in [0.717, 1.165) is 0 Å². The fraction of sp³-hybridized carbons (Fsp3) is 0.500. The molecule has 0 heterocycles. The molecular weight excluding hydrogens is 211 g/mol. The van der Waals surface area contributed by atoms with Gasteiger partial charge in [-0.15, -0.1) is 0 Å². The molecule has 1 aromatic carbocycles. The fourth-order valence-electron chi connectivity index (χ4n) is 1.28. The first-order chi connectivity index (χ1) is 7.65. The summed E-state index contributed by atoms with van der Waals surface area (Å²) in [6.45, 7) is 2.60. The Hall–Kier alpha value is -1.13. The Morgan fingerprint density at radius 3 is 2.75 bits per heavy atom. The Morgan fingerprint density at radius 2 is 2.12 bits per heavy atom. The zero-order chi connectivity index (χ0) is 12.0. The minimum atomic E-state index is -0.623. The van der Waals surface area contributed by atoms with Gasteiger partial charge >= 0.3 is 0 Å². The van der Waals surface area contributed by atoms with Crippen LogP contribution >= 0.6 is 0 Å². The molecule has 0 amide bonds. The quantitative estimate of drug-likeness (QED) is 0.759. The molecule has 0 aromatic heterocycles. The molecule has 1 N–H and O–H groups in total. The van der Waals surface area contributed by atoms with Crippen molar-refractivity contribution in [3.05, 3.63) is 29.6 Å². The van der Waals surface area contributed by atoms with Gasteiger partial charge in [0.1, 0.15) is 0 Å². The van der Waals surface area contributed by atoms with Gasteiger partial charge in [0, 0.05) is 20.1 Å². The first kappa shape index (κ1) is 12.9. The molecule has 0 spiro atoms. The van der Waals surface area contributed by atoms with Crippen molar-refractivity contribution in [1.82, 2.24) is 0 Å². The Balaban J connectivity index is 2.60. The van der Waals surface area contributed by atoms with Gasteiger partial charge in [0.05, 0.1) is 12.7 Å². The third-order valence-corrected chi connectivity index (χ3v) is 2.19. The van der Waals surface area contributed by atoms with E-state index in [2.05, 4.69) is 0 Å². The summed E-state index contributed by atoms with van der Waals surface area (Å²) >= 11 is 0. The van der Waals surface area contributed by atoms with E-state index in [1.165, 1.54) is 12.1 Å². The zero-order valence-corrected chi connectivity index (χ0v) is 9.57. The normalized spacial score (nSPS) is 12.5. The van der Waals surface area contributed by atoms with Crippen molar-refractivity contribution in [3.63, 3.8) is 0 Å². The van der Waals surface area contributed by atoms with Crippen molar-refractivity contribution in [3.8, 4) is 5.75 Å². The van der Waals surface area contributed by atoms with Crippen LogP contribution in [0.4, 0.5) is 4.39 Å². The van der Waals surface area contributed by atoms with Crippen LogP contribution in [0.3, 0.4) is 0 Å². The number of halogens is 1. The zero-order valence-electron chi connectivity index (χ0n) is 9.57. The molecule has 0 fully saturated rings. The monoisotopic (exact) mass is 228 g/mol. The maximum Gasteiger partial charge on any atom is 0.165 e. The second-order valence-corrected chi connectivity index (χ2v) is 3.56. The van der Waals surface area contributed by atoms with Crippen molar-refractivity contribution in [2.75, 3.05) is 20.3 Å². The van der Waals surface area contributed by atoms with Crippen molar-refractivity contribution in [2.24, 2.45) is 0 Å². The van der Waals surface area contributed by atoms with E-state index in [-0.39, 0.29) is 5.75 Å². The lowest BCUT2D eigenvalue weighted by Gasteiger charge is -2.10. The van der Waals surface area contributed by atoms with E-state index in [9.17, 15) is 9.50 Å². The molecule has 0 saturated heterocycles. The van der Waals surface area contributed by atoms with Crippen LogP contribution in [0.5, 0.6) is 5.75 Å². The third-order valence-electron chi connectivity index (χ3n) is 2.19. The standard InChI is InChI=1S/C12H17FO3/c1-9(14)10-4-5-11(13)12(8-10)16-7-3-6-15-2/h4-5,8-9,14H,3,6-7H2,1-2H3. The number of rotatable bonds is 6. The summed E-state index contributed by atoms with van der Waals surface area (Å²) in [4.78, 5) is 0. The molecule has 1 atom stereocenters. The Morgan fingerprint density at radius 1 is 1.38 bits per heavy atom. The van der Waals surface area contributed by atoms with Gasteiger partial charge in [0.25, 0.3) is 0 Å². The number of benzene rings is 1. The van der Waals surface area contributed by atoms with Gasteiger partial charge in [-0.05, 0) is 24.6 Å². The molecule has 90 valence electrons. The topological polar surface area (TPSA) is 38.7 Å². The molecule has 1 rings (SSSR count). The second kappa shape index (κ2) is 6.45. The third kappa shape index (κ3) is 3.79. The lowest BCUT2D eigenvalue weighted by atomic mass is 10.1. The summed E-state index contributed by atoms with van der Waals surface area (Å²) < 4.78 is 23.4. The van der Waals surface area contributed by atoms with Crippen molar-refractivity contribution >= 4 is 0 Å². The van der Waals surface area contributed by atoms with Crippen LogP contribution in [-0.4, -0.2) is 25.4 Å². The van der Waals surface area contributed by atoms with Crippen LogP contribution in [0.25, 0.3) is 0 Å². The summed E-state index contributed by atoms with van der Waals surface area (Å²) in [6, 6.07) is 4.36. The van der Waals surface area contributed by atoms with Crippen LogP contribution < -0.4 is 4.74 Å². The van der Waals surface area contributed by atoms with Crippen molar-refractivity contribution in [2.45, 2.75) is 19.4 Å². The number of aliphatic hydroxyl groups is 1. The van der Waals surface area contributed by atoms with E-state index in [0.29, 0.717) is 25.2 Å². The Kier molecular flexibility index (Phi) is 5.22. The average molecular weight is 228 g/mol. The van der Waals surface area contributed by atoms with Gasteiger partial charge in [-0.1, -0.05) is 6.07 Å². The number of hydrogen-bond donors (Lipinski definition) is 1. The Labute approximate surface area is 94.8 Å². The molecule has 0 radical (unpaired) electrons. The predicted octanol–water partition coefficient (Wildman–Crippen LogP) is 2.29. The highest BCUT2D eigenvalue weighted by Gasteiger charge is 2.07. The highest BCUT2D eigenvalue weighted by atomic mass is 19.1. The SMILES string of the molecule is COCCCOc1cc(C(C)O)ccc1F. The molecule has 1 unspecified atom stereocenters. The highest BCUT2D eigenvalue weighted by Crippen LogP contribution is 2.22. The molecule has 4 heteroatoms. The van der Waals surface area contributed by atoms with E-state index < -0.39 is 11.9 Å². The lowest BCUT2D eigenvalue weighted by molar-refractivity contribution is 0.169.